The lowest BCUT2D eigenvalue weighted by molar-refractivity contribution is 0.0472. The number of rotatable bonds is 6. The summed E-state index contributed by atoms with van der Waals surface area (Å²) < 4.78 is 18.4. The molecule has 0 N–H and O–H groups in total. The maximum atomic E-state index is 13.1. The van der Waals surface area contributed by atoms with Crippen molar-refractivity contribution in [2.45, 2.75) is 27.4 Å². The molecule has 0 spiro atoms. The fourth-order valence-corrected chi connectivity index (χ4v) is 2.48. The molecule has 2 rings (SSSR count). The summed E-state index contributed by atoms with van der Waals surface area (Å²) in [5.41, 5.74) is 3.49. The van der Waals surface area contributed by atoms with Gasteiger partial charge in [0.15, 0.2) is 0 Å². The van der Waals surface area contributed by atoms with Crippen LogP contribution in [0.4, 0.5) is 10.1 Å². The second kappa shape index (κ2) is 8.81. The Kier molecular flexibility index (Phi) is 6.75. The van der Waals surface area contributed by atoms with E-state index in [1.54, 1.807) is 12.4 Å². The lowest BCUT2D eigenvalue weighted by Crippen LogP contribution is -2.14. The third-order valence-electron chi connectivity index (χ3n) is 4.03. The van der Waals surface area contributed by atoms with Crippen LogP contribution < -0.4 is 0 Å². The minimum atomic E-state index is -0.452. The van der Waals surface area contributed by atoms with Gasteiger partial charge in [0.2, 0.25) is 0 Å². The van der Waals surface area contributed by atoms with Gasteiger partial charge in [-0.1, -0.05) is 17.7 Å². The standard InChI is InChI=1S/C20H22ClFN2O2/c1-5-24(4)12-23-19-9-13(2)17(8-14(19)3)20(25)26-11-15-6-7-16(22)10-18(15)21/h6-10,12H,5,11H2,1-4H3. The number of nitrogens with zero attached hydrogens (tertiary/aromatic N) is 2. The molecule has 4 nitrogen and oxygen atoms in total. The number of aryl methyl sites for hydroxylation is 2. The second-order valence-corrected chi connectivity index (χ2v) is 6.49. The lowest BCUT2D eigenvalue weighted by atomic mass is 10.0. The Balaban J connectivity index is 2.13. The summed E-state index contributed by atoms with van der Waals surface area (Å²) in [6.45, 7) is 6.61. The number of carbonyl (C=O) groups is 1. The predicted molar refractivity (Wildman–Crippen MR) is 103 cm³/mol. The molecule has 2 aromatic rings. The zero-order chi connectivity index (χ0) is 19.3. The number of carbonyl (C=O) groups excluding carboxylic acids is 1. The Bertz CT molecular complexity index is 837. The summed E-state index contributed by atoms with van der Waals surface area (Å²) in [4.78, 5) is 18.8. The summed E-state index contributed by atoms with van der Waals surface area (Å²) >= 11 is 5.96. The quantitative estimate of drug-likeness (QED) is 0.402. The molecule has 0 aliphatic carbocycles. The van der Waals surface area contributed by atoms with Gasteiger partial charge in [-0.2, -0.15) is 0 Å². The van der Waals surface area contributed by atoms with Gasteiger partial charge in [0.05, 0.1) is 22.6 Å². The van der Waals surface area contributed by atoms with Crippen LogP contribution in [0.3, 0.4) is 0 Å². The number of hydrogen-bond acceptors (Lipinski definition) is 3. The van der Waals surface area contributed by atoms with Crippen molar-refractivity contribution in [1.82, 2.24) is 4.90 Å². The number of benzene rings is 2. The van der Waals surface area contributed by atoms with Gasteiger partial charge < -0.3 is 9.64 Å². The molecule has 0 radical (unpaired) electrons. The largest absolute Gasteiger partial charge is 0.457 e. The monoisotopic (exact) mass is 376 g/mol. The van der Waals surface area contributed by atoms with Gasteiger partial charge in [0.1, 0.15) is 12.4 Å². The molecule has 0 aliphatic heterocycles. The first-order chi connectivity index (χ1) is 12.3. The van der Waals surface area contributed by atoms with E-state index in [2.05, 4.69) is 4.99 Å². The van der Waals surface area contributed by atoms with Crippen LogP contribution >= 0.6 is 11.6 Å². The molecule has 0 amide bonds. The van der Waals surface area contributed by atoms with E-state index in [4.69, 9.17) is 16.3 Å². The van der Waals surface area contributed by atoms with E-state index in [9.17, 15) is 9.18 Å². The van der Waals surface area contributed by atoms with Gasteiger partial charge in [-0.15, -0.1) is 0 Å². The van der Waals surface area contributed by atoms with Crippen LogP contribution in [0, 0.1) is 19.7 Å². The van der Waals surface area contributed by atoms with Crippen LogP contribution in [-0.2, 0) is 11.3 Å². The van der Waals surface area contributed by atoms with Crippen molar-refractivity contribution >= 4 is 29.6 Å². The van der Waals surface area contributed by atoms with Gasteiger partial charge in [-0.3, -0.25) is 0 Å². The van der Waals surface area contributed by atoms with Crippen LogP contribution in [0.2, 0.25) is 5.02 Å². The highest BCUT2D eigenvalue weighted by molar-refractivity contribution is 6.31. The zero-order valence-electron chi connectivity index (χ0n) is 15.3. The molecule has 0 aliphatic rings. The molecule has 0 unspecified atom stereocenters. The Morgan fingerprint density at radius 1 is 1.27 bits per heavy atom. The fraction of sp³-hybridized carbons (Fsp3) is 0.300. The van der Waals surface area contributed by atoms with E-state index in [1.807, 2.05) is 38.8 Å². The molecule has 0 fully saturated rings. The minimum absolute atomic E-state index is 0.0162. The topological polar surface area (TPSA) is 41.9 Å². The van der Waals surface area contributed by atoms with Gasteiger partial charge >= 0.3 is 5.97 Å². The van der Waals surface area contributed by atoms with Crippen LogP contribution in [0.5, 0.6) is 0 Å². The molecule has 0 aromatic heterocycles. The molecule has 0 saturated carbocycles. The van der Waals surface area contributed by atoms with Crippen molar-refractivity contribution in [3.63, 3.8) is 0 Å². The molecule has 0 atom stereocenters. The zero-order valence-corrected chi connectivity index (χ0v) is 16.1. The second-order valence-electron chi connectivity index (χ2n) is 6.08. The lowest BCUT2D eigenvalue weighted by Gasteiger charge is -2.12. The third-order valence-corrected chi connectivity index (χ3v) is 4.38. The number of hydrogen-bond donors (Lipinski definition) is 0. The van der Waals surface area contributed by atoms with E-state index in [-0.39, 0.29) is 11.6 Å². The van der Waals surface area contributed by atoms with E-state index < -0.39 is 11.8 Å². The number of halogens is 2. The first kappa shape index (κ1) is 19.9. The molecule has 2 aromatic carbocycles. The number of esters is 1. The van der Waals surface area contributed by atoms with E-state index in [1.165, 1.54) is 18.2 Å². The van der Waals surface area contributed by atoms with E-state index in [0.717, 1.165) is 23.4 Å². The molecule has 0 saturated heterocycles. The normalized spacial score (nSPS) is 11.0. The molecule has 6 heteroatoms. The van der Waals surface area contributed by atoms with Crippen molar-refractivity contribution in [3.8, 4) is 0 Å². The first-order valence-electron chi connectivity index (χ1n) is 8.28. The Morgan fingerprint density at radius 2 is 2.00 bits per heavy atom. The van der Waals surface area contributed by atoms with Crippen LogP contribution in [-0.4, -0.2) is 30.8 Å². The van der Waals surface area contributed by atoms with Crippen molar-refractivity contribution in [1.29, 1.82) is 0 Å². The summed E-state index contributed by atoms with van der Waals surface area (Å²) in [6.07, 6.45) is 1.76. The van der Waals surface area contributed by atoms with Gasteiger partial charge in [0, 0.05) is 19.2 Å². The summed E-state index contributed by atoms with van der Waals surface area (Å²) in [5.74, 6) is -0.881. The van der Waals surface area contributed by atoms with Crippen LogP contribution in [0.25, 0.3) is 0 Å². The van der Waals surface area contributed by atoms with Crippen molar-refractivity contribution in [2.75, 3.05) is 13.6 Å². The van der Waals surface area contributed by atoms with Crippen LogP contribution in [0.15, 0.2) is 35.3 Å². The highest BCUT2D eigenvalue weighted by atomic mass is 35.5. The average molecular weight is 377 g/mol. The molecule has 26 heavy (non-hydrogen) atoms. The van der Waals surface area contributed by atoms with Crippen LogP contribution in [0.1, 0.15) is 34.0 Å². The highest BCUT2D eigenvalue weighted by Gasteiger charge is 2.14. The van der Waals surface area contributed by atoms with Gasteiger partial charge in [0.25, 0.3) is 0 Å². The van der Waals surface area contributed by atoms with Crippen molar-refractivity contribution in [3.05, 3.63) is 63.4 Å². The molecular formula is C20H22ClFN2O2. The summed E-state index contributed by atoms with van der Waals surface area (Å²) in [7, 11) is 1.94. The predicted octanol–water partition coefficient (Wildman–Crippen LogP) is 5.06. The van der Waals surface area contributed by atoms with Crippen molar-refractivity contribution in [2.24, 2.45) is 4.99 Å². The average Bonchev–Trinajstić information content (AvgIpc) is 2.60. The number of aliphatic imine (C=N–C) groups is 1. The fourth-order valence-electron chi connectivity index (χ4n) is 2.26. The molecule has 0 bridgehead atoms. The maximum Gasteiger partial charge on any atom is 0.338 e. The Morgan fingerprint density at radius 3 is 2.65 bits per heavy atom. The molecular weight excluding hydrogens is 355 g/mol. The SMILES string of the molecule is CCN(C)C=Nc1cc(C)c(C(=O)OCc2ccc(F)cc2Cl)cc1C. The Labute approximate surface area is 158 Å². The minimum Gasteiger partial charge on any atom is -0.457 e. The van der Waals surface area contributed by atoms with Gasteiger partial charge in [-0.05, 0) is 56.2 Å². The summed E-state index contributed by atoms with van der Waals surface area (Å²) in [6, 6.07) is 7.61. The maximum absolute atomic E-state index is 13.1. The number of ether oxygens (including phenoxy) is 1. The van der Waals surface area contributed by atoms with E-state index in [0.29, 0.717) is 11.1 Å². The van der Waals surface area contributed by atoms with Gasteiger partial charge in [-0.25, -0.2) is 14.2 Å². The molecule has 138 valence electrons. The molecule has 0 heterocycles. The smallest absolute Gasteiger partial charge is 0.338 e. The van der Waals surface area contributed by atoms with Crippen molar-refractivity contribution < 1.29 is 13.9 Å². The first-order valence-corrected chi connectivity index (χ1v) is 8.66. The highest BCUT2D eigenvalue weighted by Crippen LogP contribution is 2.24. The van der Waals surface area contributed by atoms with E-state index >= 15 is 0 Å². The Hall–Kier alpha value is -2.40. The summed E-state index contributed by atoms with van der Waals surface area (Å²) in [5, 5.41) is 0.232. The third kappa shape index (κ3) is 5.05.